The van der Waals surface area contributed by atoms with Gasteiger partial charge in [-0.25, -0.2) is 0 Å². The molecule has 0 aromatic rings. The number of aliphatic hydroxyl groups is 2. The maximum absolute atomic E-state index is 12.4. The number of amides is 1. The Hall–Kier alpha value is -1.92. The SMILES string of the molecule is CCCCC/C=C\C/C=C\CCCCCCCCCC(=O)OCCCCCCCCCC/C=C\CCCCCCCCCC(=O)NC(CO)C(O)CCCCCCCCCCC. The summed E-state index contributed by atoms with van der Waals surface area (Å²) in [7, 11) is 0. The van der Waals surface area contributed by atoms with Crippen molar-refractivity contribution in [3.8, 4) is 0 Å². The topological polar surface area (TPSA) is 95.9 Å². The van der Waals surface area contributed by atoms with Crippen LogP contribution in [-0.2, 0) is 14.3 Å². The predicted molar refractivity (Wildman–Crippen MR) is 269 cm³/mol. The van der Waals surface area contributed by atoms with Gasteiger partial charge < -0.3 is 20.3 Å². The summed E-state index contributed by atoms with van der Waals surface area (Å²) in [6.07, 6.45) is 62.7. The lowest BCUT2D eigenvalue weighted by molar-refractivity contribution is -0.143. The zero-order chi connectivity index (χ0) is 45.1. The molecular weight excluding hydrogens is 767 g/mol. The Kier molecular flexibility index (Phi) is 50.1. The summed E-state index contributed by atoms with van der Waals surface area (Å²) in [6, 6.07) is -0.547. The Morgan fingerprint density at radius 2 is 0.806 bits per heavy atom. The number of aliphatic hydroxyl groups excluding tert-OH is 2. The highest BCUT2D eigenvalue weighted by molar-refractivity contribution is 5.76. The number of esters is 1. The Morgan fingerprint density at radius 3 is 1.27 bits per heavy atom. The molecule has 0 spiro atoms. The van der Waals surface area contributed by atoms with Gasteiger partial charge >= 0.3 is 5.97 Å². The van der Waals surface area contributed by atoms with E-state index in [9.17, 15) is 19.8 Å². The average molecular weight is 872 g/mol. The molecule has 2 atom stereocenters. The third kappa shape index (κ3) is 47.6. The first kappa shape index (κ1) is 60.1. The molecule has 0 saturated carbocycles. The number of carbonyl (C=O) groups excluding carboxylic acids is 2. The van der Waals surface area contributed by atoms with E-state index >= 15 is 0 Å². The van der Waals surface area contributed by atoms with Crippen LogP contribution in [0.15, 0.2) is 36.5 Å². The van der Waals surface area contributed by atoms with Crippen molar-refractivity contribution in [1.29, 1.82) is 0 Å². The summed E-state index contributed by atoms with van der Waals surface area (Å²) in [5.41, 5.74) is 0. The van der Waals surface area contributed by atoms with E-state index in [2.05, 4.69) is 55.6 Å². The highest BCUT2D eigenvalue weighted by atomic mass is 16.5. The summed E-state index contributed by atoms with van der Waals surface area (Å²) in [4.78, 5) is 24.4. The van der Waals surface area contributed by atoms with Crippen LogP contribution in [-0.4, -0.2) is 47.4 Å². The van der Waals surface area contributed by atoms with Gasteiger partial charge in [-0.3, -0.25) is 9.59 Å². The lowest BCUT2D eigenvalue weighted by Crippen LogP contribution is -2.45. The smallest absolute Gasteiger partial charge is 0.305 e. The number of hydrogen-bond acceptors (Lipinski definition) is 5. The van der Waals surface area contributed by atoms with Crippen molar-refractivity contribution < 1.29 is 24.5 Å². The standard InChI is InChI=1S/C56H105NO5/c1-3-5-7-9-11-13-14-15-16-20-24-27-30-34-38-42-46-50-56(61)62-51-47-43-39-35-31-28-25-22-19-17-18-21-23-26-29-33-37-41-45-49-55(60)57-53(52-58)54(59)48-44-40-36-32-12-10-8-6-4-2/h11,13,15-18,53-54,58-59H,3-10,12,14,19-52H2,1-2H3,(H,57,60)/b13-11-,16-15-,18-17-. The Bertz CT molecular complexity index is 1010. The number of nitrogens with one attached hydrogen (secondary N) is 1. The summed E-state index contributed by atoms with van der Waals surface area (Å²) in [5, 5.41) is 23.1. The van der Waals surface area contributed by atoms with E-state index in [1.807, 2.05) is 0 Å². The summed E-state index contributed by atoms with van der Waals surface area (Å²) in [6.45, 7) is 4.89. The van der Waals surface area contributed by atoms with Crippen molar-refractivity contribution in [3.63, 3.8) is 0 Å². The van der Waals surface area contributed by atoms with Crippen LogP contribution in [0.25, 0.3) is 0 Å². The lowest BCUT2D eigenvalue weighted by Gasteiger charge is -2.22. The molecule has 0 aromatic carbocycles. The zero-order valence-electron chi connectivity index (χ0n) is 41.4. The molecule has 6 nitrogen and oxygen atoms in total. The van der Waals surface area contributed by atoms with Gasteiger partial charge in [-0.05, 0) is 83.5 Å². The van der Waals surface area contributed by atoms with Crippen molar-refractivity contribution in [3.05, 3.63) is 36.5 Å². The second-order valence-corrected chi connectivity index (χ2v) is 18.6. The lowest BCUT2D eigenvalue weighted by atomic mass is 10.0. The number of unbranched alkanes of at least 4 members (excludes halogenated alkanes) is 33. The highest BCUT2D eigenvalue weighted by Gasteiger charge is 2.20. The van der Waals surface area contributed by atoms with Gasteiger partial charge in [-0.15, -0.1) is 0 Å². The molecule has 0 heterocycles. The Labute approximate surface area is 385 Å². The molecule has 0 rings (SSSR count). The number of ether oxygens (including phenoxy) is 1. The number of rotatable bonds is 50. The van der Waals surface area contributed by atoms with E-state index in [1.54, 1.807) is 0 Å². The zero-order valence-corrected chi connectivity index (χ0v) is 41.4. The maximum Gasteiger partial charge on any atom is 0.305 e. The molecular formula is C56H105NO5. The van der Waals surface area contributed by atoms with Crippen molar-refractivity contribution >= 4 is 11.9 Å². The summed E-state index contributed by atoms with van der Waals surface area (Å²) >= 11 is 0. The Morgan fingerprint density at radius 1 is 0.452 bits per heavy atom. The molecule has 0 aromatic heterocycles. The van der Waals surface area contributed by atoms with E-state index in [0.29, 0.717) is 25.9 Å². The maximum atomic E-state index is 12.4. The molecule has 0 aliphatic heterocycles. The van der Waals surface area contributed by atoms with Gasteiger partial charge in [0.2, 0.25) is 5.91 Å². The van der Waals surface area contributed by atoms with E-state index in [0.717, 1.165) is 51.4 Å². The third-order valence-electron chi connectivity index (χ3n) is 12.4. The first-order valence-corrected chi connectivity index (χ1v) is 27.2. The monoisotopic (exact) mass is 872 g/mol. The molecule has 0 aliphatic carbocycles. The number of allylic oxidation sites excluding steroid dienone is 6. The molecule has 1 amide bonds. The molecule has 0 saturated heterocycles. The minimum atomic E-state index is -0.668. The van der Waals surface area contributed by atoms with E-state index in [-0.39, 0.29) is 18.5 Å². The fourth-order valence-electron chi connectivity index (χ4n) is 8.19. The first-order chi connectivity index (χ1) is 30.5. The molecule has 2 unspecified atom stereocenters. The predicted octanol–water partition coefficient (Wildman–Crippen LogP) is 16.5. The minimum absolute atomic E-state index is 0.00440. The van der Waals surface area contributed by atoms with E-state index in [1.165, 1.54) is 199 Å². The molecule has 364 valence electrons. The van der Waals surface area contributed by atoms with Gasteiger partial charge in [0.15, 0.2) is 0 Å². The fraction of sp³-hybridized carbons (Fsp3) is 0.857. The van der Waals surface area contributed by atoms with Crippen LogP contribution >= 0.6 is 0 Å². The quantitative estimate of drug-likeness (QED) is 0.0321. The largest absolute Gasteiger partial charge is 0.466 e. The van der Waals surface area contributed by atoms with Crippen LogP contribution in [0.3, 0.4) is 0 Å². The third-order valence-corrected chi connectivity index (χ3v) is 12.4. The number of carbonyl (C=O) groups is 2. The summed E-state index contributed by atoms with van der Waals surface area (Å²) in [5.74, 6) is -0.0522. The fourth-order valence-corrected chi connectivity index (χ4v) is 8.19. The second kappa shape index (κ2) is 51.7. The average Bonchev–Trinajstić information content (AvgIpc) is 3.27. The second-order valence-electron chi connectivity index (χ2n) is 18.6. The molecule has 0 bridgehead atoms. The van der Waals surface area contributed by atoms with Gasteiger partial charge in [0, 0.05) is 12.8 Å². The van der Waals surface area contributed by atoms with Crippen molar-refractivity contribution in [2.75, 3.05) is 13.2 Å². The molecule has 0 aliphatic rings. The minimum Gasteiger partial charge on any atom is -0.466 e. The van der Waals surface area contributed by atoms with Crippen LogP contribution in [0, 0.1) is 0 Å². The summed E-state index contributed by atoms with van der Waals surface area (Å²) < 4.78 is 5.47. The molecule has 0 radical (unpaired) electrons. The highest BCUT2D eigenvalue weighted by Crippen LogP contribution is 2.16. The van der Waals surface area contributed by atoms with Gasteiger partial charge in [-0.1, -0.05) is 224 Å². The van der Waals surface area contributed by atoms with Crippen molar-refractivity contribution in [1.82, 2.24) is 5.32 Å². The van der Waals surface area contributed by atoms with Crippen LogP contribution in [0.5, 0.6) is 0 Å². The van der Waals surface area contributed by atoms with Crippen LogP contribution in [0.4, 0.5) is 0 Å². The normalized spacial score (nSPS) is 12.9. The van der Waals surface area contributed by atoms with Crippen molar-refractivity contribution in [2.24, 2.45) is 0 Å². The van der Waals surface area contributed by atoms with Crippen LogP contribution < -0.4 is 5.32 Å². The Balaban J connectivity index is 3.42. The molecule has 3 N–H and O–H groups in total. The van der Waals surface area contributed by atoms with Crippen molar-refractivity contribution in [2.45, 2.75) is 296 Å². The van der Waals surface area contributed by atoms with Gasteiger partial charge in [-0.2, -0.15) is 0 Å². The van der Waals surface area contributed by atoms with Gasteiger partial charge in [0.05, 0.1) is 25.4 Å². The molecule has 0 fully saturated rings. The van der Waals surface area contributed by atoms with Crippen LogP contribution in [0.2, 0.25) is 0 Å². The van der Waals surface area contributed by atoms with Gasteiger partial charge in [0.25, 0.3) is 0 Å². The van der Waals surface area contributed by atoms with Gasteiger partial charge in [0.1, 0.15) is 0 Å². The van der Waals surface area contributed by atoms with Crippen LogP contribution in [0.1, 0.15) is 284 Å². The van der Waals surface area contributed by atoms with E-state index < -0.39 is 12.1 Å². The molecule has 62 heavy (non-hydrogen) atoms. The van der Waals surface area contributed by atoms with E-state index in [4.69, 9.17) is 4.74 Å². The molecule has 6 heteroatoms. The number of hydrogen-bond donors (Lipinski definition) is 3. The first-order valence-electron chi connectivity index (χ1n) is 27.2.